The summed E-state index contributed by atoms with van der Waals surface area (Å²) < 4.78 is 0. The van der Waals surface area contributed by atoms with Crippen LogP contribution in [-0.4, -0.2) is 17.0 Å². The number of Topliss-reactive ketones (excluding diaryl/α,β-unsaturated/α-hetero) is 1. The molecule has 108 valence electrons. The molecule has 0 saturated heterocycles. The van der Waals surface area contributed by atoms with Crippen molar-refractivity contribution in [3.63, 3.8) is 0 Å². The first kappa shape index (κ1) is 12.8. The van der Waals surface area contributed by atoms with Gasteiger partial charge in [0, 0.05) is 11.8 Å². The molecule has 0 amide bonds. The maximum absolute atomic E-state index is 12.3. The summed E-state index contributed by atoms with van der Waals surface area (Å²) in [6.07, 6.45) is 10.3. The van der Waals surface area contributed by atoms with Crippen molar-refractivity contribution >= 4 is 5.78 Å². The smallest absolute Gasteiger partial charge is 0.139 e. The minimum absolute atomic E-state index is 0.0725. The second-order valence-corrected chi connectivity index (χ2v) is 7.46. The molecule has 1 N–H and O–H groups in total. The summed E-state index contributed by atoms with van der Waals surface area (Å²) in [6.45, 7) is 2.20. The number of rotatable bonds is 0. The lowest BCUT2D eigenvalue weighted by Crippen LogP contribution is -2.36. The lowest BCUT2D eigenvalue weighted by molar-refractivity contribution is -0.126. The van der Waals surface area contributed by atoms with Gasteiger partial charge in [0.15, 0.2) is 0 Å². The fourth-order valence-electron chi connectivity index (χ4n) is 5.26. The third-order valence-electron chi connectivity index (χ3n) is 6.49. The highest BCUT2D eigenvalue weighted by atomic mass is 16.3. The molecule has 3 fully saturated rings. The van der Waals surface area contributed by atoms with Crippen LogP contribution in [0.1, 0.15) is 58.3 Å². The van der Waals surface area contributed by atoms with Gasteiger partial charge >= 0.3 is 0 Å². The van der Waals surface area contributed by atoms with Crippen molar-refractivity contribution in [3.8, 4) is 0 Å². The zero-order chi connectivity index (χ0) is 13.9. The molecule has 0 spiro atoms. The molecule has 2 nitrogen and oxygen atoms in total. The average molecular weight is 272 g/mol. The number of ketones is 1. The van der Waals surface area contributed by atoms with Gasteiger partial charge in [-0.3, -0.25) is 4.79 Å². The molecule has 0 aromatic carbocycles. The molecule has 0 bridgehead atoms. The van der Waals surface area contributed by atoms with Gasteiger partial charge < -0.3 is 5.11 Å². The fraction of sp³-hybridized carbons (Fsp3) is 0.722. The topological polar surface area (TPSA) is 37.3 Å². The highest BCUT2D eigenvalue weighted by Gasteiger charge is 2.51. The van der Waals surface area contributed by atoms with E-state index in [1.807, 2.05) is 0 Å². The molecule has 0 aliphatic heterocycles. The number of aliphatic hydroxyl groups excluding tert-OH is 1. The van der Waals surface area contributed by atoms with Crippen LogP contribution < -0.4 is 0 Å². The number of carbonyl (C=O) groups is 1. The third-order valence-corrected chi connectivity index (χ3v) is 6.49. The Hall–Kier alpha value is -0.890. The van der Waals surface area contributed by atoms with Crippen molar-refractivity contribution in [2.24, 2.45) is 17.3 Å². The van der Waals surface area contributed by atoms with E-state index in [-0.39, 0.29) is 11.5 Å². The maximum Gasteiger partial charge on any atom is 0.139 e. The van der Waals surface area contributed by atoms with Gasteiger partial charge in [0.25, 0.3) is 0 Å². The summed E-state index contributed by atoms with van der Waals surface area (Å²) >= 11 is 0. The first-order valence-electron chi connectivity index (χ1n) is 8.23. The number of fused-ring (bicyclic) bond motifs is 4. The minimum Gasteiger partial charge on any atom is -0.393 e. The standard InChI is InChI=1S/C18H24O2/c1-18-9-8-14-13-5-3-12(19)10-11(13)2-4-15(14)16(18)6-7-17(18)20/h4,11-12,16,19H,2-3,5-10H2,1H3/t11?,12?,16-,18-/m0/s1. The quantitative estimate of drug-likeness (QED) is 0.732. The number of allylic oxidation sites excluding steroid dienone is 4. The van der Waals surface area contributed by atoms with Gasteiger partial charge in [-0.25, -0.2) is 0 Å². The number of carbonyl (C=O) groups excluding carboxylic acids is 1. The van der Waals surface area contributed by atoms with E-state index in [9.17, 15) is 9.90 Å². The molecule has 3 saturated carbocycles. The summed E-state index contributed by atoms with van der Waals surface area (Å²) in [5, 5.41) is 9.88. The second kappa shape index (κ2) is 4.30. The Balaban J connectivity index is 1.72. The van der Waals surface area contributed by atoms with Crippen molar-refractivity contribution < 1.29 is 9.90 Å². The zero-order valence-corrected chi connectivity index (χ0v) is 12.3. The molecule has 2 heteroatoms. The van der Waals surface area contributed by atoms with E-state index in [4.69, 9.17) is 0 Å². The van der Waals surface area contributed by atoms with Crippen molar-refractivity contribution in [2.45, 2.75) is 64.4 Å². The summed E-state index contributed by atoms with van der Waals surface area (Å²) in [5.41, 5.74) is 4.67. The molecule has 0 radical (unpaired) electrons. The lowest BCUT2D eigenvalue weighted by atomic mass is 9.60. The highest BCUT2D eigenvalue weighted by molar-refractivity contribution is 5.88. The van der Waals surface area contributed by atoms with Crippen LogP contribution in [-0.2, 0) is 4.79 Å². The van der Waals surface area contributed by atoms with E-state index in [1.54, 1.807) is 11.1 Å². The Labute approximate surface area is 120 Å². The van der Waals surface area contributed by atoms with Gasteiger partial charge in [-0.2, -0.15) is 0 Å². The zero-order valence-electron chi connectivity index (χ0n) is 12.3. The van der Waals surface area contributed by atoms with E-state index in [1.165, 1.54) is 5.57 Å². The van der Waals surface area contributed by atoms with Crippen LogP contribution in [0.5, 0.6) is 0 Å². The SMILES string of the molecule is C[C@]12CCC3=C4CCC(O)CC4CC=C3[C@@H]1CCC2=O. The Kier molecular flexibility index (Phi) is 2.76. The van der Waals surface area contributed by atoms with E-state index in [0.29, 0.717) is 17.6 Å². The number of hydrogen-bond acceptors (Lipinski definition) is 2. The normalized spacial score (nSPS) is 43.8. The third kappa shape index (κ3) is 1.64. The van der Waals surface area contributed by atoms with Crippen molar-refractivity contribution in [3.05, 3.63) is 22.8 Å². The molecule has 4 atom stereocenters. The lowest BCUT2D eigenvalue weighted by Gasteiger charge is -2.43. The average Bonchev–Trinajstić information content (AvgIpc) is 2.74. The van der Waals surface area contributed by atoms with Gasteiger partial charge in [-0.15, -0.1) is 0 Å². The first-order valence-corrected chi connectivity index (χ1v) is 8.23. The van der Waals surface area contributed by atoms with Gasteiger partial charge in [-0.1, -0.05) is 18.6 Å². The molecule has 2 unspecified atom stereocenters. The monoisotopic (exact) mass is 272 g/mol. The van der Waals surface area contributed by atoms with Crippen LogP contribution in [0.25, 0.3) is 0 Å². The van der Waals surface area contributed by atoms with Crippen LogP contribution in [0.15, 0.2) is 22.8 Å². The van der Waals surface area contributed by atoms with Gasteiger partial charge in [0.1, 0.15) is 5.78 Å². The van der Waals surface area contributed by atoms with Crippen LogP contribution in [0.3, 0.4) is 0 Å². The summed E-state index contributed by atoms with van der Waals surface area (Å²) in [6, 6.07) is 0. The van der Waals surface area contributed by atoms with Crippen molar-refractivity contribution in [2.75, 3.05) is 0 Å². The molecular formula is C18H24O2. The van der Waals surface area contributed by atoms with Crippen LogP contribution in [0.2, 0.25) is 0 Å². The Morgan fingerprint density at radius 2 is 2.10 bits per heavy atom. The minimum atomic E-state index is -0.0961. The predicted octanol–water partition coefficient (Wildman–Crippen LogP) is 3.55. The van der Waals surface area contributed by atoms with Crippen molar-refractivity contribution in [1.29, 1.82) is 0 Å². The predicted molar refractivity (Wildman–Crippen MR) is 78.1 cm³/mol. The molecule has 0 aromatic heterocycles. The molecule has 0 heterocycles. The second-order valence-electron chi connectivity index (χ2n) is 7.46. The molecule has 20 heavy (non-hydrogen) atoms. The van der Waals surface area contributed by atoms with Crippen LogP contribution in [0.4, 0.5) is 0 Å². The molecule has 4 rings (SSSR count). The van der Waals surface area contributed by atoms with E-state index in [2.05, 4.69) is 13.0 Å². The van der Waals surface area contributed by atoms with E-state index < -0.39 is 0 Å². The fourth-order valence-corrected chi connectivity index (χ4v) is 5.26. The Morgan fingerprint density at radius 3 is 2.95 bits per heavy atom. The summed E-state index contributed by atoms with van der Waals surface area (Å²) in [5.74, 6) is 1.56. The van der Waals surface area contributed by atoms with E-state index in [0.717, 1.165) is 51.4 Å². The van der Waals surface area contributed by atoms with Gasteiger partial charge in [-0.05, 0) is 67.9 Å². The summed E-state index contributed by atoms with van der Waals surface area (Å²) in [7, 11) is 0. The molecule has 4 aliphatic rings. The molecule has 0 aromatic rings. The molecular weight excluding hydrogens is 248 g/mol. The van der Waals surface area contributed by atoms with Gasteiger partial charge in [0.2, 0.25) is 0 Å². The Bertz CT molecular complexity index is 528. The molecule has 4 aliphatic carbocycles. The van der Waals surface area contributed by atoms with E-state index >= 15 is 0 Å². The van der Waals surface area contributed by atoms with Crippen LogP contribution in [0, 0.1) is 17.3 Å². The number of aliphatic hydroxyl groups is 1. The van der Waals surface area contributed by atoms with Crippen molar-refractivity contribution in [1.82, 2.24) is 0 Å². The van der Waals surface area contributed by atoms with Crippen LogP contribution >= 0.6 is 0 Å². The first-order chi connectivity index (χ1) is 9.59. The summed E-state index contributed by atoms with van der Waals surface area (Å²) in [4.78, 5) is 12.3. The number of hydrogen-bond donors (Lipinski definition) is 1. The highest BCUT2D eigenvalue weighted by Crippen LogP contribution is 2.57. The van der Waals surface area contributed by atoms with Gasteiger partial charge in [0.05, 0.1) is 6.10 Å². The largest absolute Gasteiger partial charge is 0.393 e. The maximum atomic E-state index is 12.3. The Morgan fingerprint density at radius 1 is 1.25 bits per heavy atom.